The van der Waals surface area contributed by atoms with Crippen molar-refractivity contribution in [2.24, 2.45) is 5.73 Å². The van der Waals surface area contributed by atoms with Gasteiger partial charge in [0.15, 0.2) is 0 Å². The van der Waals surface area contributed by atoms with Crippen molar-refractivity contribution in [3.63, 3.8) is 0 Å². The summed E-state index contributed by atoms with van der Waals surface area (Å²) in [4.78, 5) is 36.2. The fraction of sp³-hybridized carbons (Fsp3) is 0.458. The Labute approximate surface area is 189 Å². The maximum atomic E-state index is 13.0. The number of hydrogen-bond acceptors (Lipinski definition) is 5. The quantitative estimate of drug-likeness (QED) is 0.207. The van der Waals surface area contributed by atoms with Gasteiger partial charge >= 0.3 is 5.97 Å². The van der Waals surface area contributed by atoms with E-state index in [9.17, 15) is 19.5 Å². The highest BCUT2D eigenvalue weighted by Gasteiger charge is 2.22. The molecule has 0 aliphatic carbocycles. The highest BCUT2D eigenvalue weighted by molar-refractivity contribution is 5.93. The van der Waals surface area contributed by atoms with Crippen LogP contribution in [0.1, 0.15) is 51.0 Å². The zero-order valence-corrected chi connectivity index (χ0v) is 18.6. The summed E-state index contributed by atoms with van der Waals surface area (Å²) in [7, 11) is 0. The molecule has 2 atom stereocenters. The number of aliphatic carboxylic acids is 1. The molecule has 0 saturated heterocycles. The number of amides is 2. The molecule has 32 heavy (non-hydrogen) atoms. The molecule has 1 aromatic carbocycles. The van der Waals surface area contributed by atoms with Crippen LogP contribution in [0.3, 0.4) is 0 Å². The second-order valence-electron chi connectivity index (χ2n) is 7.57. The van der Waals surface area contributed by atoms with Gasteiger partial charge in [0.1, 0.15) is 11.8 Å². The second-order valence-corrected chi connectivity index (χ2v) is 7.57. The van der Waals surface area contributed by atoms with E-state index < -0.39 is 24.0 Å². The number of carbonyl (C=O) groups excluding carboxylic acids is 2. The van der Waals surface area contributed by atoms with Gasteiger partial charge in [-0.3, -0.25) is 9.59 Å². The zero-order valence-electron chi connectivity index (χ0n) is 18.6. The number of allylic oxidation sites excluding steroid dienone is 1. The number of hydrogen-bond donors (Lipinski definition) is 5. The van der Waals surface area contributed by atoms with E-state index in [4.69, 9.17) is 10.8 Å². The molecule has 0 radical (unpaired) electrons. The molecule has 2 amide bonds. The molecule has 0 aliphatic heterocycles. The molecule has 1 rings (SSSR count). The Morgan fingerprint density at radius 1 is 1.06 bits per heavy atom. The molecule has 0 unspecified atom stereocenters. The van der Waals surface area contributed by atoms with Gasteiger partial charge in [0.05, 0.1) is 0 Å². The molecule has 0 heterocycles. The molecular weight excluding hydrogens is 410 g/mol. The Morgan fingerprint density at radius 2 is 1.78 bits per heavy atom. The van der Waals surface area contributed by atoms with Crippen LogP contribution < -0.4 is 16.4 Å². The van der Waals surface area contributed by atoms with Crippen molar-refractivity contribution >= 4 is 17.8 Å². The Hall–Kier alpha value is -3.13. The van der Waals surface area contributed by atoms with Crippen LogP contribution >= 0.6 is 0 Å². The van der Waals surface area contributed by atoms with Gasteiger partial charge in [-0.05, 0) is 56.0 Å². The molecule has 8 heteroatoms. The summed E-state index contributed by atoms with van der Waals surface area (Å²) in [5.41, 5.74) is 6.30. The van der Waals surface area contributed by atoms with E-state index in [-0.39, 0.29) is 18.1 Å². The van der Waals surface area contributed by atoms with Crippen molar-refractivity contribution in [3.8, 4) is 5.75 Å². The molecule has 176 valence electrons. The number of aromatic hydroxyl groups is 1. The lowest BCUT2D eigenvalue weighted by Crippen LogP contribution is -2.50. The first kappa shape index (κ1) is 26.9. The summed E-state index contributed by atoms with van der Waals surface area (Å²) in [5, 5.41) is 23.9. The molecule has 0 aromatic heterocycles. The number of carbonyl (C=O) groups is 3. The number of phenols is 1. The number of carboxylic acid groups (broad SMARTS) is 1. The van der Waals surface area contributed by atoms with Gasteiger partial charge in [-0.1, -0.05) is 44.1 Å². The van der Waals surface area contributed by atoms with Gasteiger partial charge in [-0.25, -0.2) is 4.79 Å². The fourth-order valence-electron chi connectivity index (χ4n) is 3.04. The van der Waals surface area contributed by atoms with Gasteiger partial charge in [-0.15, -0.1) is 0 Å². The van der Waals surface area contributed by atoms with Crippen LogP contribution in [-0.2, 0) is 20.8 Å². The predicted molar refractivity (Wildman–Crippen MR) is 124 cm³/mol. The van der Waals surface area contributed by atoms with E-state index in [1.54, 1.807) is 18.2 Å². The van der Waals surface area contributed by atoms with Crippen LogP contribution in [0.25, 0.3) is 0 Å². The number of nitrogens with one attached hydrogen (secondary N) is 2. The average Bonchev–Trinajstić information content (AvgIpc) is 2.76. The first-order valence-electron chi connectivity index (χ1n) is 11.0. The lowest BCUT2D eigenvalue weighted by molar-refractivity contribution is -0.131. The molecule has 0 saturated carbocycles. The van der Waals surface area contributed by atoms with Crippen LogP contribution in [0, 0.1) is 0 Å². The third kappa shape index (κ3) is 11.9. The minimum Gasteiger partial charge on any atom is -0.508 e. The molecule has 0 fully saturated rings. The first-order chi connectivity index (χ1) is 15.3. The van der Waals surface area contributed by atoms with Gasteiger partial charge in [0.2, 0.25) is 11.8 Å². The normalized spacial score (nSPS) is 13.2. The smallest absolute Gasteiger partial charge is 0.328 e. The number of rotatable bonds is 15. The summed E-state index contributed by atoms with van der Waals surface area (Å²) >= 11 is 0. The standard InChI is InChI=1S/C24H35N3O5/c1-2-3-4-5-6-9-22(29)27-21(17-18-10-13-20(28)14-11-18)24(32)26-19(8-7-16-25)12-15-23(30)31/h6,9-15,19,21,28H,2-5,7-8,16-17,25H2,1H3,(H,26,32)(H,27,29)(H,30,31)/b9-6+,15-12+/t19-,21-/m0/s1. The monoisotopic (exact) mass is 445 g/mol. The minimum absolute atomic E-state index is 0.106. The van der Waals surface area contributed by atoms with Crippen molar-refractivity contribution in [2.75, 3.05) is 6.54 Å². The Morgan fingerprint density at radius 3 is 2.41 bits per heavy atom. The highest BCUT2D eigenvalue weighted by Crippen LogP contribution is 2.12. The number of nitrogens with two attached hydrogens (primary N) is 1. The van der Waals surface area contributed by atoms with E-state index in [1.807, 2.05) is 0 Å². The number of carboxylic acids is 1. The van der Waals surface area contributed by atoms with Gasteiger partial charge < -0.3 is 26.6 Å². The maximum absolute atomic E-state index is 13.0. The van der Waals surface area contributed by atoms with E-state index in [1.165, 1.54) is 24.3 Å². The van der Waals surface area contributed by atoms with Crippen LogP contribution in [0.4, 0.5) is 0 Å². The number of benzene rings is 1. The molecule has 0 bridgehead atoms. The van der Waals surface area contributed by atoms with Crippen LogP contribution in [0.2, 0.25) is 0 Å². The summed E-state index contributed by atoms with van der Waals surface area (Å²) < 4.78 is 0. The highest BCUT2D eigenvalue weighted by atomic mass is 16.4. The van der Waals surface area contributed by atoms with Crippen molar-refractivity contribution in [3.05, 3.63) is 54.1 Å². The van der Waals surface area contributed by atoms with E-state index in [0.29, 0.717) is 19.4 Å². The van der Waals surface area contributed by atoms with Crippen molar-refractivity contribution in [1.82, 2.24) is 10.6 Å². The van der Waals surface area contributed by atoms with Crippen molar-refractivity contribution in [1.29, 1.82) is 0 Å². The van der Waals surface area contributed by atoms with Crippen molar-refractivity contribution < 1.29 is 24.6 Å². The lowest BCUT2D eigenvalue weighted by Gasteiger charge is -2.21. The van der Waals surface area contributed by atoms with Crippen molar-refractivity contribution in [2.45, 2.75) is 64.0 Å². The maximum Gasteiger partial charge on any atom is 0.328 e. The average molecular weight is 446 g/mol. The molecule has 6 N–H and O–H groups in total. The minimum atomic E-state index is -1.11. The SMILES string of the molecule is CCCCC/C=C/C(=O)N[C@@H](Cc1ccc(O)cc1)C(=O)N[C@H](/C=C/C(=O)O)CCCN. The van der Waals surface area contributed by atoms with Gasteiger partial charge in [0, 0.05) is 18.5 Å². The molecule has 1 aromatic rings. The summed E-state index contributed by atoms with van der Waals surface area (Å²) in [6.45, 7) is 2.51. The van der Waals surface area contributed by atoms with Crippen LogP contribution in [-0.4, -0.2) is 46.6 Å². The van der Waals surface area contributed by atoms with Gasteiger partial charge in [0.25, 0.3) is 0 Å². The fourth-order valence-corrected chi connectivity index (χ4v) is 3.04. The Bertz CT molecular complexity index is 774. The number of unbranched alkanes of at least 4 members (excludes halogenated alkanes) is 3. The largest absolute Gasteiger partial charge is 0.508 e. The van der Waals surface area contributed by atoms with Gasteiger partial charge in [-0.2, -0.15) is 0 Å². The topological polar surface area (TPSA) is 142 Å². The van der Waals surface area contributed by atoms with E-state index in [0.717, 1.165) is 37.3 Å². The lowest BCUT2D eigenvalue weighted by atomic mass is 10.0. The zero-order chi connectivity index (χ0) is 23.8. The Balaban J connectivity index is 2.90. The molecule has 0 aliphatic rings. The third-order valence-corrected chi connectivity index (χ3v) is 4.77. The van der Waals surface area contributed by atoms with E-state index >= 15 is 0 Å². The first-order valence-corrected chi connectivity index (χ1v) is 11.0. The molecular formula is C24H35N3O5. The second kappa shape index (κ2) is 15.6. The molecule has 8 nitrogen and oxygen atoms in total. The van der Waals surface area contributed by atoms with Crippen LogP contribution in [0.5, 0.6) is 5.75 Å². The number of phenolic OH excluding ortho intramolecular Hbond substituents is 1. The summed E-state index contributed by atoms with van der Waals surface area (Å²) in [5.74, 6) is -1.81. The van der Waals surface area contributed by atoms with Crippen LogP contribution in [0.15, 0.2) is 48.6 Å². The third-order valence-electron chi connectivity index (χ3n) is 4.77. The summed E-state index contributed by atoms with van der Waals surface area (Å²) in [6.07, 6.45) is 10.9. The molecule has 0 spiro atoms. The Kier molecular flexibility index (Phi) is 13.1. The van der Waals surface area contributed by atoms with E-state index in [2.05, 4.69) is 17.6 Å². The predicted octanol–water partition coefficient (Wildman–Crippen LogP) is 2.42. The summed E-state index contributed by atoms with van der Waals surface area (Å²) in [6, 6.07) is 4.99.